The quantitative estimate of drug-likeness (QED) is 0.736. The molecule has 0 saturated carbocycles. The summed E-state index contributed by atoms with van der Waals surface area (Å²) < 4.78 is 0. The van der Waals surface area contributed by atoms with Gasteiger partial charge in [0.15, 0.2) is 0 Å². The Hall–Kier alpha value is -1.39. The van der Waals surface area contributed by atoms with Crippen molar-refractivity contribution in [2.75, 3.05) is 31.6 Å². The minimum Gasteiger partial charge on any atom is -0.396 e. The Morgan fingerprint density at radius 2 is 1.81 bits per heavy atom. The van der Waals surface area contributed by atoms with Crippen molar-refractivity contribution in [2.45, 2.75) is 40.0 Å². The lowest BCUT2D eigenvalue weighted by atomic mass is 10.1. The number of para-hydroxylation sites is 1. The number of nitrogens with one attached hydrogen (secondary N) is 1. The molecule has 0 fully saturated rings. The Morgan fingerprint density at radius 1 is 1.19 bits per heavy atom. The zero-order valence-electron chi connectivity index (χ0n) is 13.5. The number of nitrogens with zero attached hydrogens (tertiary/aromatic N) is 1. The van der Waals surface area contributed by atoms with E-state index in [1.54, 1.807) is 0 Å². The molecule has 21 heavy (non-hydrogen) atoms. The van der Waals surface area contributed by atoms with Crippen LogP contribution in [0.1, 0.15) is 37.3 Å². The Morgan fingerprint density at radius 3 is 2.38 bits per heavy atom. The van der Waals surface area contributed by atoms with Gasteiger partial charge in [-0.3, -0.25) is 9.69 Å². The largest absolute Gasteiger partial charge is 0.396 e. The number of amides is 1. The van der Waals surface area contributed by atoms with Crippen LogP contribution in [0.15, 0.2) is 18.2 Å². The molecule has 0 spiro atoms. The zero-order valence-corrected chi connectivity index (χ0v) is 13.5. The van der Waals surface area contributed by atoms with Crippen LogP contribution in [0.25, 0.3) is 0 Å². The minimum atomic E-state index is 0.0152. The third-order valence-corrected chi connectivity index (χ3v) is 3.57. The lowest BCUT2D eigenvalue weighted by molar-refractivity contribution is -0.117. The summed E-state index contributed by atoms with van der Waals surface area (Å²) >= 11 is 0. The van der Waals surface area contributed by atoms with Crippen molar-refractivity contribution in [3.05, 3.63) is 29.3 Å². The molecule has 0 aromatic heterocycles. The van der Waals surface area contributed by atoms with E-state index in [9.17, 15) is 4.79 Å². The summed E-state index contributed by atoms with van der Waals surface area (Å²) in [4.78, 5) is 14.4. The van der Waals surface area contributed by atoms with Crippen molar-refractivity contribution in [3.8, 4) is 0 Å². The van der Waals surface area contributed by atoms with Gasteiger partial charge in [0.25, 0.3) is 0 Å². The van der Waals surface area contributed by atoms with Gasteiger partial charge in [0.1, 0.15) is 0 Å². The van der Waals surface area contributed by atoms with Crippen molar-refractivity contribution in [2.24, 2.45) is 0 Å². The van der Waals surface area contributed by atoms with E-state index in [1.165, 1.54) is 0 Å². The van der Waals surface area contributed by atoms with Gasteiger partial charge in [-0.15, -0.1) is 0 Å². The molecule has 0 atom stereocenters. The second-order valence-electron chi connectivity index (χ2n) is 5.52. The van der Waals surface area contributed by atoms with E-state index in [0.29, 0.717) is 13.0 Å². The van der Waals surface area contributed by atoms with E-state index in [-0.39, 0.29) is 12.5 Å². The topological polar surface area (TPSA) is 52.6 Å². The van der Waals surface area contributed by atoms with Crippen molar-refractivity contribution < 1.29 is 9.90 Å². The van der Waals surface area contributed by atoms with Gasteiger partial charge in [0, 0.05) is 18.8 Å². The number of benzene rings is 1. The molecule has 4 nitrogen and oxygen atoms in total. The fourth-order valence-corrected chi connectivity index (χ4v) is 2.34. The van der Waals surface area contributed by atoms with Crippen molar-refractivity contribution in [3.63, 3.8) is 0 Å². The van der Waals surface area contributed by atoms with Gasteiger partial charge >= 0.3 is 0 Å². The molecule has 0 unspecified atom stereocenters. The highest BCUT2D eigenvalue weighted by molar-refractivity contribution is 5.93. The number of aryl methyl sites for hydroxylation is 2. The van der Waals surface area contributed by atoms with E-state index in [2.05, 4.69) is 17.1 Å². The molecule has 0 bridgehead atoms. The number of aliphatic hydroxyl groups excluding tert-OH is 1. The van der Waals surface area contributed by atoms with Crippen molar-refractivity contribution in [1.82, 2.24) is 4.90 Å². The van der Waals surface area contributed by atoms with E-state index in [0.717, 1.165) is 42.7 Å². The molecule has 118 valence electrons. The Balaban J connectivity index is 2.60. The Labute approximate surface area is 128 Å². The molecule has 0 heterocycles. The molecular formula is C17H28N2O2. The average molecular weight is 292 g/mol. The van der Waals surface area contributed by atoms with Crippen LogP contribution in [0.2, 0.25) is 0 Å². The predicted octanol–water partition coefficient (Wildman–Crippen LogP) is 2.73. The van der Waals surface area contributed by atoms with Crippen LogP contribution in [0.3, 0.4) is 0 Å². The lowest BCUT2D eigenvalue weighted by Crippen LogP contribution is -2.35. The third-order valence-electron chi connectivity index (χ3n) is 3.57. The monoisotopic (exact) mass is 292 g/mol. The first-order valence-electron chi connectivity index (χ1n) is 7.77. The van der Waals surface area contributed by atoms with Gasteiger partial charge in [0.05, 0.1) is 6.54 Å². The summed E-state index contributed by atoms with van der Waals surface area (Å²) in [6, 6.07) is 6.00. The Bertz CT molecular complexity index is 418. The summed E-state index contributed by atoms with van der Waals surface area (Å²) in [6.07, 6.45) is 2.89. The highest BCUT2D eigenvalue weighted by Gasteiger charge is 2.12. The number of hydrogen-bond donors (Lipinski definition) is 2. The molecule has 1 rings (SSSR count). The highest BCUT2D eigenvalue weighted by atomic mass is 16.3. The van der Waals surface area contributed by atoms with E-state index in [4.69, 9.17) is 5.11 Å². The van der Waals surface area contributed by atoms with Gasteiger partial charge in [-0.05, 0) is 44.4 Å². The van der Waals surface area contributed by atoms with Crippen LogP contribution in [0, 0.1) is 13.8 Å². The second kappa shape index (κ2) is 9.53. The summed E-state index contributed by atoms with van der Waals surface area (Å²) in [5.74, 6) is 0.0152. The van der Waals surface area contributed by atoms with Crippen molar-refractivity contribution >= 4 is 11.6 Å². The molecule has 0 saturated heterocycles. The molecule has 0 aliphatic rings. The summed E-state index contributed by atoms with van der Waals surface area (Å²) in [5.41, 5.74) is 3.08. The Kier molecular flexibility index (Phi) is 8.01. The first-order chi connectivity index (χ1) is 10.1. The number of carbonyl (C=O) groups is 1. The smallest absolute Gasteiger partial charge is 0.238 e. The number of carbonyl (C=O) groups excluding carboxylic acids is 1. The molecule has 1 aromatic carbocycles. The maximum Gasteiger partial charge on any atom is 0.238 e. The SMILES string of the molecule is CCCCN(CCCO)CC(=O)Nc1c(C)cccc1C. The molecule has 2 N–H and O–H groups in total. The first kappa shape index (κ1) is 17.7. The zero-order chi connectivity index (χ0) is 15.7. The fraction of sp³-hybridized carbons (Fsp3) is 0.588. The van der Waals surface area contributed by atoms with Gasteiger partial charge in [0.2, 0.25) is 5.91 Å². The van der Waals surface area contributed by atoms with E-state index in [1.807, 2.05) is 32.0 Å². The molecular weight excluding hydrogens is 264 g/mol. The normalized spacial score (nSPS) is 10.9. The summed E-state index contributed by atoms with van der Waals surface area (Å²) in [5, 5.41) is 12.0. The third kappa shape index (κ3) is 6.27. The van der Waals surface area contributed by atoms with Gasteiger partial charge < -0.3 is 10.4 Å². The van der Waals surface area contributed by atoms with Gasteiger partial charge in [-0.2, -0.15) is 0 Å². The lowest BCUT2D eigenvalue weighted by Gasteiger charge is -2.21. The first-order valence-corrected chi connectivity index (χ1v) is 7.77. The number of rotatable bonds is 9. The van der Waals surface area contributed by atoms with E-state index < -0.39 is 0 Å². The molecule has 0 aliphatic carbocycles. The summed E-state index contributed by atoms with van der Waals surface area (Å²) in [6.45, 7) is 8.36. The van der Waals surface area contributed by atoms with Gasteiger partial charge in [-0.1, -0.05) is 31.5 Å². The van der Waals surface area contributed by atoms with Crippen LogP contribution < -0.4 is 5.32 Å². The predicted molar refractivity (Wildman–Crippen MR) is 87.6 cm³/mol. The number of anilines is 1. The van der Waals surface area contributed by atoms with Crippen LogP contribution in [0.5, 0.6) is 0 Å². The second-order valence-corrected chi connectivity index (χ2v) is 5.52. The number of aliphatic hydroxyl groups is 1. The number of unbranched alkanes of at least 4 members (excludes halogenated alkanes) is 1. The van der Waals surface area contributed by atoms with E-state index >= 15 is 0 Å². The molecule has 0 radical (unpaired) electrons. The van der Waals surface area contributed by atoms with Crippen LogP contribution in [-0.2, 0) is 4.79 Å². The van der Waals surface area contributed by atoms with Crippen LogP contribution in [-0.4, -0.2) is 42.2 Å². The fourth-order valence-electron chi connectivity index (χ4n) is 2.34. The maximum atomic E-state index is 12.2. The highest BCUT2D eigenvalue weighted by Crippen LogP contribution is 2.19. The van der Waals surface area contributed by atoms with Crippen LogP contribution in [0.4, 0.5) is 5.69 Å². The standard InChI is InChI=1S/C17H28N2O2/c1-4-5-10-19(11-7-12-20)13-16(21)18-17-14(2)8-6-9-15(17)3/h6,8-9,20H,4-5,7,10-13H2,1-3H3,(H,18,21). The molecule has 4 heteroatoms. The van der Waals surface area contributed by atoms with Crippen LogP contribution >= 0.6 is 0 Å². The minimum absolute atomic E-state index is 0.0152. The molecule has 1 amide bonds. The maximum absolute atomic E-state index is 12.2. The molecule has 0 aliphatic heterocycles. The van der Waals surface area contributed by atoms with Crippen molar-refractivity contribution in [1.29, 1.82) is 0 Å². The number of hydrogen-bond acceptors (Lipinski definition) is 3. The van der Waals surface area contributed by atoms with Gasteiger partial charge in [-0.25, -0.2) is 0 Å². The molecule has 1 aromatic rings. The summed E-state index contributed by atoms with van der Waals surface area (Å²) in [7, 11) is 0. The average Bonchev–Trinajstić information content (AvgIpc) is 2.46.